The molecule has 2 amide bonds. The molecule has 0 saturated heterocycles. The highest BCUT2D eigenvalue weighted by Crippen LogP contribution is 2.36. The van der Waals surface area contributed by atoms with Crippen LogP contribution in [-0.4, -0.2) is 29.4 Å². The molecular weight excluding hydrogens is 515 g/mol. The van der Waals surface area contributed by atoms with E-state index in [0.29, 0.717) is 14.7 Å². The summed E-state index contributed by atoms with van der Waals surface area (Å²) in [4.78, 5) is 33.8. The predicted octanol–water partition coefficient (Wildman–Crippen LogP) is 4.01. The normalized spacial score (nSPS) is 10.4. The number of carbonyl (C=O) groups is 3. The lowest BCUT2D eigenvalue weighted by atomic mass is 10.1. The zero-order chi connectivity index (χ0) is 21.7. The number of anilines is 1. The second-order valence-electron chi connectivity index (χ2n) is 6.10. The highest BCUT2D eigenvalue weighted by molar-refractivity contribution is 9.11. The molecule has 0 heterocycles. The molecule has 2 aromatic carbocycles. The minimum atomic E-state index is -1.16. The van der Waals surface area contributed by atoms with Gasteiger partial charge < -0.3 is 20.5 Å². The molecule has 10 heteroatoms. The van der Waals surface area contributed by atoms with Crippen molar-refractivity contribution >= 4 is 55.3 Å². The summed E-state index contributed by atoms with van der Waals surface area (Å²) < 4.78 is 21.2. The van der Waals surface area contributed by atoms with Crippen molar-refractivity contribution in [2.75, 3.05) is 11.9 Å². The standard InChI is InChI=1S/C19H17Br2FN2O5/c1-9-3-12(17(22)15(4-9)24-10(2)25)8-29-18-13(20)5-11(6-14(18)21)19(28)23-7-16(26)27/h3-6H,7-8H2,1-2H3,(H,23,28)(H,24,25)(H,26,27). The number of carboxylic acids is 1. The van der Waals surface area contributed by atoms with Gasteiger partial charge in [0.25, 0.3) is 5.91 Å². The maximum Gasteiger partial charge on any atom is 0.322 e. The minimum absolute atomic E-state index is 0.0691. The first-order chi connectivity index (χ1) is 13.6. The Balaban J connectivity index is 2.21. The number of hydrogen-bond donors (Lipinski definition) is 3. The summed E-state index contributed by atoms with van der Waals surface area (Å²) >= 11 is 6.60. The summed E-state index contributed by atoms with van der Waals surface area (Å²) in [5.41, 5.74) is 1.28. The van der Waals surface area contributed by atoms with Gasteiger partial charge in [0, 0.05) is 18.1 Å². The monoisotopic (exact) mass is 530 g/mol. The first-order valence-corrected chi connectivity index (χ1v) is 9.85. The molecule has 0 unspecified atom stereocenters. The first kappa shape index (κ1) is 22.8. The van der Waals surface area contributed by atoms with Crippen LogP contribution in [-0.2, 0) is 16.2 Å². The van der Waals surface area contributed by atoms with Crippen LogP contribution in [0.2, 0.25) is 0 Å². The molecule has 154 valence electrons. The Bertz CT molecular complexity index is 958. The molecule has 2 aromatic rings. The van der Waals surface area contributed by atoms with Gasteiger partial charge in [0.2, 0.25) is 5.91 Å². The van der Waals surface area contributed by atoms with Crippen LogP contribution in [0.1, 0.15) is 28.4 Å². The van der Waals surface area contributed by atoms with Crippen molar-refractivity contribution in [2.45, 2.75) is 20.5 Å². The molecule has 0 aromatic heterocycles. The van der Waals surface area contributed by atoms with E-state index in [1.807, 2.05) is 0 Å². The Labute approximate surface area is 182 Å². The average Bonchev–Trinajstić information content (AvgIpc) is 2.61. The number of carboxylic acid groups (broad SMARTS) is 1. The zero-order valence-electron chi connectivity index (χ0n) is 15.4. The third kappa shape index (κ3) is 6.26. The number of halogens is 3. The molecular formula is C19H17Br2FN2O5. The molecule has 0 bridgehead atoms. The third-order valence-corrected chi connectivity index (χ3v) is 4.81. The van der Waals surface area contributed by atoms with Gasteiger partial charge in [-0.3, -0.25) is 14.4 Å². The van der Waals surface area contributed by atoms with Crippen LogP contribution in [0.4, 0.5) is 10.1 Å². The Morgan fingerprint density at radius 2 is 1.76 bits per heavy atom. The number of carbonyl (C=O) groups excluding carboxylic acids is 2. The van der Waals surface area contributed by atoms with Gasteiger partial charge in [-0.05, 0) is 68.6 Å². The Kier molecular flexibility index (Phi) is 7.74. The van der Waals surface area contributed by atoms with Gasteiger partial charge in [0.15, 0.2) is 5.82 Å². The molecule has 3 N–H and O–H groups in total. The topological polar surface area (TPSA) is 105 Å². The van der Waals surface area contributed by atoms with E-state index in [2.05, 4.69) is 42.5 Å². The van der Waals surface area contributed by atoms with Crippen molar-refractivity contribution in [3.63, 3.8) is 0 Å². The quantitative estimate of drug-likeness (QED) is 0.500. The average molecular weight is 532 g/mol. The van der Waals surface area contributed by atoms with E-state index in [0.717, 1.165) is 5.56 Å². The Hall–Kier alpha value is -2.46. The number of aliphatic carboxylic acids is 1. The minimum Gasteiger partial charge on any atom is -0.486 e. The fourth-order valence-electron chi connectivity index (χ4n) is 2.47. The van der Waals surface area contributed by atoms with Crippen LogP contribution in [0.25, 0.3) is 0 Å². The molecule has 0 aliphatic rings. The highest BCUT2D eigenvalue weighted by Gasteiger charge is 2.16. The maximum absolute atomic E-state index is 14.6. The van der Waals surface area contributed by atoms with E-state index < -0.39 is 24.2 Å². The second kappa shape index (κ2) is 9.84. The lowest BCUT2D eigenvalue weighted by molar-refractivity contribution is -0.135. The summed E-state index contributed by atoms with van der Waals surface area (Å²) in [5, 5.41) is 13.3. The second-order valence-corrected chi connectivity index (χ2v) is 7.81. The number of hydrogen-bond acceptors (Lipinski definition) is 4. The van der Waals surface area contributed by atoms with Crippen molar-refractivity contribution < 1.29 is 28.6 Å². The van der Waals surface area contributed by atoms with Gasteiger partial charge in [-0.2, -0.15) is 0 Å². The fraction of sp³-hybridized carbons (Fsp3) is 0.211. The van der Waals surface area contributed by atoms with Gasteiger partial charge >= 0.3 is 5.97 Å². The van der Waals surface area contributed by atoms with E-state index in [4.69, 9.17) is 9.84 Å². The fourth-order valence-corrected chi connectivity index (χ4v) is 3.88. The number of benzene rings is 2. The lowest BCUT2D eigenvalue weighted by Gasteiger charge is -2.14. The number of ether oxygens (including phenoxy) is 1. The van der Waals surface area contributed by atoms with E-state index in [9.17, 15) is 18.8 Å². The molecule has 0 saturated carbocycles. The van der Waals surface area contributed by atoms with Crippen LogP contribution >= 0.6 is 31.9 Å². The van der Waals surface area contributed by atoms with Crippen LogP contribution in [0.5, 0.6) is 5.75 Å². The van der Waals surface area contributed by atoms with Gasteiger partial charge in [-0.25, -0.2) is 4.39 Å². The number of aryl methyl sites for hydroxylation is 1. The molecule has 0 spiro atoms. The van der Waals surface area contributed by atoms with Crippen LogP contribution in [0, 0.1) is 12.7 Å². The molecule has 7 nitrogen and oxygen atoms in total. The van der Waals surface area contributed by atoms with Crippen LogP contribution in [0.3, 0.4) is 0 Å². The molecule has 2 rings (SSSR count). The van der Waals surface area contributed by atoms with Crippen LogP contribution in [0.15, 0.2) is 33.2 Å². The lowest BCUT2D eigenvalue weighted by Crippen LogP contribution is -2.29. The molecule has 0 aliphatic carbocycles. The van der Waals surface area contributed by atoms with Gasteiger partial charge in [-0.1, -0.05) is 0 Å². The molecule has 0 atom stereocenters. The van der Waals surface area contributed by atoms with Crippen molar-refractivity contribution in [1.82, 2.24) is 5.32 Å². The van der Waals surface area contributed by atoms with Gasteiger partial charge in [-0.15, -0.1) is 0 Å². The van der Waals surface area contributed by atoms with Crippen molar-refractivity contribution in [3.8, 4) is 5.75 Å². The molecule has 0 radical (unpaired) electrons. The summed E-state index contributed by atoms with van der Waals surface area (Å²) in [7, 11) is 0. The Morgan fingerprint density at radius 1 is 1.14 bits per heavy atom. The van der Waals surface area contributed by atoms with Crippen molar-refractivity contribution in [2.24, 2.45) is 0 Å². The van der Waals surface area contributed by atoms with E-state index >= 15 is 0 Å². The smallest absolute Gasteiger partial charge is 0.322 e. The first-order valence-electron chi connectivity index (χ1n) is 8.27. The van der Waals surface area contributed by atoms with Crippen molar-refractivity contribution in [1.29, 1.82) is 0 Å². The number of nitrogens with one attached hydrogen (secondary N) is 2. The summed E-state index contributed by atoms with van der Waals surface area (Å²) in [6, 6.07) is 6.06. The van der Waals surface area contributed by atoms with E-state index in [-0.39, 0.29) is 29.3 Å². The SMILES string of the molecule is CC(=O)Nc1cc(C)cc(COc2c(Br)cc(C(=O)NCC(=O)O)cc2Br)c1F. The third-order valence-electron chi connectivity index (χ3n) is 3.64. The predicted molar refractivity (Wildman–Crippen MR) is 112 cm³/mol. The molecule has 0 aliphatic heterocycles. The summed E-state index contributed by atoms with van der Waals surface area (Å²) in [5.74, 6) is -2.37. The number of amides is 2. The van der Waals surface area contributed by atoms with E-state index in [1.54, 1.807) is 13.0 Å². The zero-order valence-corrected chi connectivity index (χ0v) is 18.6. The van der Waals surface area contributed by atoms with Gasteiger partial charge in [0.1, 0.15) is 18.9 Å². The molecule has 0 fully saturated rings. The summed E-state index contributed by atoms with van der Waals surface area (Å²) in [6.07, 6.45) is 0. The number of rotatable bonds is 7. The van der Waals surface area contributed by atoms with Crippen LogP contribution < -0.4 is 15.4 Å². The Morgan fingerprint density at radius 3 is 2.31 bits per heavy atom. The van der Waals surface area contributed by atoms with Crippen molar-refractivity contribution in [3.05, 3.63) is 55.7 Å². The highest BCUT2D eigenvalue weighted by atomic mass is 79.9. The van der Waals surface area contributed by atoms with Gasteiger partial charge in [0.05, 0.1) is 14.6 Å². The maximum atomic E-state index is 14.6. The van der Waals surface area contributed by atoms with E-state index in [1.165, 1.54) is 25.1 Å². The largest absolute Gasteiger partial charge is 0.486 e. The summed E-state index contributed by atoms with van der Waals surface area (Å²) in [6.45, 7) is 2.43. The molecule has 29 heavy (non-hydrogen) atoms.